The highest BCUT2D eigenvalue weighted by Gasteiger charge is 2.08. The number of hydrogen-bond acceptors (Lipinski definition) is 1. The first-order valence-electron chi connectivity index (χ1n) is 7.00. The maximum absolute atomic E-state index is 9.99. The zero-order chi connectivity index (χ0) is 13.8. The molecule has 1 heterocycles. The lowest BCUT2D eigenvalue weighted by Crippen LogP contribution is -2.00. The second-order valence-electron chi connectivity index (χ2n) is 5.35. The SMILES string of the molecule is CCCC(O)c1ccn(Cc2cc(C)ccc2C)c1. The second kappa shape index (κ2) is 6.07. The molecule has 1 aromatic carbocycles. The Morgan fingerprint density at radius 2 is 2.00 bits per heavy atom. The van der Waals surface area contributed by atoms with Crippen molar-refractivity contribution in [3.8, 4) is 0 Å². The molecule has 2 nitrogen and oxygen atoms in total. The van der Waals surface area contributed by atoms with Gasteiger partial charge in [0.15, 0.2) is 0 Å². The van der Waals surface area contributed by atoms with Gasteiger partial charge in [0, 0.05) is 18.9 Å². The van der Waals surface area contributed by atoms with Gasteiger partial charge < -0.3 is 9.67 Å². The summed E-state index contributed by atoms with van der Waals surface area (Å²) >= 11 is 0. The summed E-state index contributed by atoms with van der Waals surface area (Å²) in [6.07, 6.45) is 5.61. The molecule has 0 fully saturated rings. The first-order valence-corrected chi connectivity index (χ1v) is 7.00. The molecule has 0 bridgehead atoms. The number of benzene rings is 1. The molecule has 1 aromatic heterocycles. The van der Waals surface area contributed by atoms with E-state index in [1.54, 1.807) is 0 Å². The molecule has 0 aliphatic rings. The molecule has 0 spiro atoms. The smallest absolute Gasteiger partial charge is 0.0804 e. The Morgan fingerprint density at radius 3 is 2.74 bits per heavy atom. The van der Waals surface area contributed by atoms with Crippen molar-refractivity contribution >= 4 is 0 Å². The van der Waals surface area contributed by atoms with Crippen molar-refractivity contribution in [2.45, 2.75) is 46.3 Å². The van der Waals surface area contributed by atoms with Gasteiger partial charge >= 0.3 is 0 Å². The van der Waals surface area contributed by atoms with Gasteiger partial charge in [0.2, 0.25) is 0 Å². The van der Waals surface area contributed by atoms with Gasteiger partial charge in [-0.15, -0.1) is 0 Å². The normalized spacial score (nSPS) is 12.6. The minimum absolute atomic E-state index is 0.329. The molecule has 2 aromatic rings. The van der Waals surface area contributed by atoms with Gasteiger partial charge in [0.1, 0.15) is 0 Å². The number of nitrogens with zero attached hydrogens (tertiary/aromatic N) is 1. The molecule has 19 heavy (non-hydrogen) atoms. The van der Waals surface area contributed by atoms with Crippen LogP contribution in [0.25, 0.3) is 0 Å². The summed E-state index contributed by atoms with van der Waals surface area (Å²) in [4.78, 5) is 0. The summed E-state index contributed by atoms with van der Waals surface area (Å²) in [5, 5.41) is 9.99. The molecule has 0 aliphatic heterocycles. The number of aliphatic hydroxyl groups excluding tert-OH is 1. The maximum Gasteiger partial charge on any atom is 0.0804 e. The van der Waals surface area contributed by atoms with Crippen LogP contribution in [0.2, 0.25) is 0 Å². The van der Waals surface area contributed by atoms with Crippen LogP contribution < -0.4 is 0 Å². The highest BCUT2D eigenvalue weighted by atomic mass is 16.3. The summed E-state index contributed by atoms with van der Waals surface area (Å²) < 4.78 is 2.15. The molecule has 1 N–H and O–H groups in total. The van der Waals surface area contributed by atoms with Gasteiger partial charge in [-0.05, 0) is 43.0 Å². The molecule has 102 valence electrons. The van der Waals surface area contributed by atoms with Crippen LogP contribution in [0, 0.1) is 13.8 Å². The molecule has 1 unspecified atom stereocenters. The van der Waals surface area contributed by atoms with Crippen LogP contribution in [0.15, 0.2) is 36.7 Å². The average Bonchev–Trinajstić information content (AvgIpc) is 2.83. The highest BCUT2D eigenvalue weighted by Crippen LogP contribution is 2.19. The fraction of sp³-hybridized carbons (Fsp3) is 0.412. The fourth-order valence-electron chi connectivity index (χ4n) is 2.36. The van der Waals surface area contributed by atoms with Crippen molar-refractivity contribution in [2.24, 2.45) is 0 Å². The molecule has 0 saturated heterocycles. The molecular weight excluding hydrogens is 234 g/mol. The lowest BCUT2D eigenvalue weighted by atomic mass is 10.1. The van der Waals surface area contributed by atoms with E-state index in [2.05, 4.69) is 55.9 Å². The minimum Gasteiger partial charge on any atom is -0.388 e. The van der Waals surface area contributed by atoms with E-state index in [1.165, 1.54) is 16.7 Å². The number of rotatable bonds is 5. The summed E-state index contributed by atoms with van der Waals surface area (Å²) in [6, 6.07) is 8.56. The van der Waals surface area contributed by atoms with E-state index in [1.807, 2.05) is 6.07 Å². The number of hydrogen-bond donors (Lipinski definition) is 1. The van der Waals surface area contributed by atoms with Crippen molar-refractivity contribution in [1.82, 2.24) is 4.57 Å². The van der Waals surface area contributed by atoms with Gasteiger partial charge in [-0.2, -0.15) is 0 Å². The van der Waals surface area contributed by atoms with Crippen LogP contribution in [-0.4, -0.2) is 9.67 Å². The standard InChI is InChI=1S/C17H23NO/c1-4-5-17(19)15-8-9-18(11-15)12-16-10-13(2)6-7-14(16)3/h6-11,17,19H,4-5,12H2,1-3H3. The van der Waals surface area contributed by atoms with Crippen molar-refractivity contribution < 1.29 is 5.11 Å². The monoisotopic (exact) mass is 257 g/mol. The first-order chi connectivity index (χ1) is 9.10. The number of aliphatic hydroxyl groups is 1. The molecular formula is C17H23NO. The topological polar surface area (TPSA) is 25.2 Å². The number of aryl methyl sites for hydroxylation is 2. The third kappa shape index (κ3) is 3.48. The Hall–Kier alpha value is -1.54. The summed E-state index contributed by atoms with van der Waals surface area (Å²) in [5.74, 6) is 0. The summed E-state index contributed by atoms with van der Waals surface area (Å²) in [5.41, 5.74) is 4.97. The van der Waals surface area contributed by atoms with Crippen molar-refractivity contribution in [3.63, 3.8) is 0 Å². The molecule has 0 radical (unpaired) electrons. The van der Waals surface area contributed by atoms with Crippen LogP contribution in [0.4, 0.5) is 0 Å². The summed E-state index contributed by atoms with van der Waals surface area (Å²) in [6.45, 7) is 7.23. The lowest BCUT2D eigenvalue weighted by molar-refractivity contribution is 0.166. The van der Waals surface area contributed by atoms with Crippen molar-refractivity contribution in [1.29, 1.82) is 0 Å². The maximum atomic E-state index is 9.99. The first kappa shape index (κ1) is 13.9. The molecule has 0 amide bonds. The average molecular weight is 257 g/mol. The molecule has 1 atom stereocenters. The predicted octanol–water partition coefficient (Wildman–Crippen LogP) is 3.99. The molecule has 2 heteroatoms. The quantitative estimate of drug-likeness (QED) is 0.861. The highest BCUT2D eigenvalue weighted by molar-refractivity contribution is 5.31. The van der Waals surface area contributed by atoms with Gasteiger partial charge in [-0.1, -0.05) is 37.1 Å². The Labute approximate surface area is 115 Å². The molecule has 0 saturated carbocycles. The molecule has 2 rings (SSSR count). The van der Waals surface area contributed by atoms with Gasteiger partial charge in [0.25, 0.3) is 0 Å². The van der Waals surface area contributed by atoms with Crippen LogP contribution in [-0.2, 0) is 6.54 Å². The van der Waals surface area contributed by atoms with E-state index in [-0.39, 0.29) is 6.10 Å². The minimum atomic E-state index is -0.329. The number of aromatic nitrogens is 1. The fourth-order valence-corrected chi connectivity index (χ4v) is 2.36. The van der Waals surface area contributed by atoms with E-state index in [4.69, 9.17) is 0 Å². The van der Waals surface area contributed by atoms with E-state index in [9.17, 15) is 5.11 Å². The summed E-state index contributed by atoms with van der Waals surface area (Å²) in [7, 11) is 0. The molecule has 0 aliphatic carbocycles. The van der Waals surface area contributed by atoms with E-state index in [0.29, 0.717) is 0 Å². The predicted molar refractivity (Wildman–Crippen MR) is 79.3 cm³/mol. The van der Waals surface area contributed by atoms with Gasteiger partial charge in [0.05, 0.1) is 6.10 Å². The van der Waals surface area contributed by atoms with Crippen LogP contribution in [0.1, 0.15) is 48.1 Å². The zero-order valence-corrected chi connectivity index (χ0v) is 12.1. The Morgan fingerprint density at radius 1 is 1.21 bits per heavy atom. The Balaban J connectivity index is 2.13. The van der Waals surface area contributed by atoms with E-state index < -0.39 is 0 Å². The van der Waals surface area contributed by atoms with E-state index in [0.717, 1.165) is 24.9 Å². The van der Waals surface area contributed by atoms with Crippen LogP contribution in [0.5, 0.6) is 0 Å². The van der Waals surface area contributed by atoms with E-state index >= 15 is 0 Å². The van der Waals surface area contributed by atoms with Gasteiger partial charge in [-0.25, -0.2) is 0 Å². The lowest BCUT2D eigenvalue weighted by Gasteiger charge is -2.09. The third-order valence-corrected chi connectivity index (χ3v) is 3.58. The second-order valence-corrected chi connectivity index (χ2v) is 5.35. The van der Waals surface area contributed by atoms with Crippen molar-refractivity contribution in [2.75, 3.05) is 0 Å². The zero-order valence-electron chi connectivity index (χ0n) is 12.1. The van der Waals surface area contributed by atoms with Crippen molar-refractivity contribution in [3.05, 3.63) is 58.9 Å². The Kier molecular flexibility index (Phi) is 4.43. The van der Waals surface area contributed by atoms with Crippen LogP contribution >= 0.6 is 0 Å². The largest absolute Gasteiger partial charge is 0.388 e. The van der Waals surface area contributed by atoms with Gasteiger partial charge in [-0.3, -0.25) is 0 Å². The third-order valence-electron chi connectivity index (χ3n) is 3.58. The Bertz CT molecular complexity index is 542. The van der Waals surface area contributed by atoms with Crippen LogP contribution in [0.3, 0.4) is 0 Å².